The molecule has 1 aromatic heterocycles. The second kappa shape index (κ2) is 11.0. The normalized spacial score (nSPS) is 11.2. The van der Waals surface area contributed by atoms with Crippen LogP contribution in [0.2, 0.25) is 5.15 Å². The number of amides is 2. The summed E-state index contributed by atoms with van der Waals surface area (Å²) in [6, 6.07) is 9.49. The number of hydrogen-bond acceptors (Lipinski definition) is 7. The topological polar surface area (TPSA) is 166 Å². The molecular weight excluding hydrogens is 408 g/mol. The number of rotatable bonds is 8. The van der Waals surface area contributed by atoms with E-state index in [1.165, 1.54) is 0 Å². The highest BCUT2D eigenvalue weighted by molar-refractivity contribution is 6.31. The van der Waals surface area contributed by atoms with Crippen molar-refractivity contribution in [3.8, 4) is 0 Å². The standard InChI is InChI=1S/C19H25ClN8O2/c1-2-13(29)28(12-8-4-3-5-9-12)11-7-6-10-24-19(23)27-18(30)14-16(21)26-17(22)15(20)25-14/h3-5,8-9H,2,6-7,10-11H2,1H3,(H4,21,22,26)(H3,23,24,27,30). The summed E-state index contributed by atoms with van der Waals surface area (Å²) in [7, 11) is 0. The van der Waals surface area contributed by atoms with Gasteiger partial charge in [0.15, 0.2) is 28.4 Å². The first-order chi connectivity index (χ1) is 14.3. The molecule has 7 N–H and O–H groups in total. The van der Waals surface area contributed by atoms with Gasteiger partial charge in [-0.1, -0.05) is 36.7 Å². The maximum absolute atomic E-state index is 12.2. The number of anilines is 3. The minimum Gasteiger partial charge on any atom is -0.382 e. The Bertz CT molecular complexity index is 920. The lowest BCUT2D eigenvalue weighted by Crippen LogP contribution is -2.38. The van der Waals surface area contributed by atoms with Crippen LogP contribution in [0.3, 0.4) is 0 Å². The van der Waals surface area contributed by atoms with E-state index in [1.807, 2.05) is 37.3 Å². The molecule has 0 saturated carbocycles. The Kier molecular flexibility index (Phi) is 8.36. The van der Waals surface area contributed by atoms with Gasteiger partial charge in [-0.15, -0.1) is 0 Å². The molecule has 0 atom stereocenters. The number of aromatic nitrogens is 2. The van der Waals surface area contributed by atoms with Crippen molar-refractivity contribution in [3.05, 3.63) is 41.2 Å². The lowest BCUT2D eigenvalue weighted by atomic mass is 10.2. The van der Waals surface area contributed by atoms with E-state index in [2.05, 4.69) is 20.3 Å². The van der Waals surface area contributed by atoms with Crippen LogP contribution in [-0.2, 0) is 4.79 Å². The maximum atomic E-state index is 12.2. The lowest BCUT2D eigenvalue weighted by Gasteiger charge is -2.22. The quantitative estimate of drug-likeness (QED) is 0.279. The van der Waals surface area contributed by atoms with Gasteiger partial charge < -0.3 is 22.1 Å². The smallest absolute Gasteiger partial charge is 0.280 e. The van der Waals surface area contributed by atoms with Gasteiger partial charge in [-0.25, -0.2) is 9.97 Å². The zero-order valence-corrected chi connectivity index (χ0v) is 17.4. The van der Waals surface area contributed by atoms with Crippen molar-refractivity contribution < 1.29 is 9.59 Å². The third-order valence-electron chi connectivity index (χ3n) is 4.10. The maximum Gasteiger partial charge on any atom is 0.280 e. The summed E-state index contributed by atoms with van der Waals surface area (Å²) in [6.45, 7) is 2.77. The number of nitrogens with two attached hydrogens (primary N) is 3. The third-order valence-corrected chi connectivity index (χ3v) is 4.38. The molecule has 0 unspecified atom stereocenters. The van der Waals surface area contributed by atoms with Crippen molar-refractivity contribution >= 4 is 46.7 Å². The number of nitrogens with one attached hydrogen (secondary N) is 1. The van der Waals surface area contributed by atoms with E-state index in [1.54, 1.807) is 4.90 Å². The molecule has 0 fully saturated rings. The van der Waals surface area contributed by atoms with Gasteiger partial charge in [0.1, 0.15) is 0 Å². The van der Waals surface area contributed by atoms with E-state index in [-0.39, 0.29) is 34.3 Å². The average Bonchev–Trinajstić information content (AvgIpc) is 2.73. The average molecular weight is 433 g/mol. The highest BCUT2D eigenvalue weighted by atomic mass is 35.5. The Hall–Kier alpha value is -3.40. The molecule has 2 amide bonds. The second-order valence-electron chi connectivity index (χ2n) is 6.30. The highest BCUT2D eigenvalue weighted by Gasteiger charge is 2.17. The number of benzene rings is 1. The molecule has 11 heteroatoms. The minimum atomic E-state index is -0.688. The summed E-state index contributed by atoms with van der Waals surface area (Å²) < 4.78 is 0. The summed E-state index contributed by atoms with van der Waals surface area (Å²) in [6.07, 6.45) is 1.82. The van der Waals surface area contributed by atoms with Gasteiger partial charge in [-0.2, -0.15) is 0 Å². The molecule has 160 valence electrons. The Morgan fingerprint density at radius 1 is 1.13 bits per heavy atom. The van der Waals surface area contributed by atoms with Crippen LogP contribution in [0.5, 0.6) is 0 Å². The molecule has 2 rings (SSSR count). The molecule has 0 aliphatic carbocycles. The number of para-hydroxylation sites is 1. The first-order valence-electron chi connectivity index (χ1n) is 9.38. The van der Waals surface area contributed by atoms with Gasteiger partial charge in [0, 0.05) is 25.2 Å². The van der Waals surface area contributed by atoms with Gasteiger partial charge in [-0.05, 0) is 25.0 Å². The van der Waals surface area contributed by atoms with Crippen LogP contribution in [0.4, 0.5) is 17.3 Å². The van der Waals surface area contributed by atoms with Crippen LogP contribution in [0.25, 0.3) is 0 Å². The molecule has 2 aromatic rings. The van der Waals surface area contributed by atoms with E-state index in [4.69, 9.17) is 28.8 Å². The first-order valence-corrected chi connectivity index (χ1v) is 9.76. The molecule has 0 radical (unpaired) electrons. The molecule has 0 aliphatic heterocycles. The Balaban J connectivity index is 1.85. The molecule has 0 spiro atoms. The number of halogens is 1. The number of unbranched alkanes of at least 4 members (excludes halogenated alkanes) is 1. The largest absolute Gasteiger partial charge is 0.382 e. The summed E-state index contributed by atoms with van der Waals surface area (Å²) in [5.74, 6) is -0.953. The Morgan fingerprint density at radius 3 is 2.50 bits per heavy atom. The van der Waals surface area contributed by atoms with Crippen molar-refractivity contribution in [1.29, 1.82) is 0 Å². The number of nitrogen functional groups attached to an aromatic ring is 2. The van der Waals surface area contributed by atoms with Crippen molar-refractivity contribution in [2.24, 2.45) is 10.7 Å². The van der Waals surface area contributed by atoms with Gasteiger partial charge in [0.25, 0.3) is 5.91 Å². The monoisotopic (exact) mass is 432 g/mol. The zero-order valence-electron chi connectivity index (χ0n) is 16.6. The predicted molar refractivity (Wildman–Crippen MR) is 118 cm³/mol. The number of aliphatic imine (C=N–C) groups is 1. The van der Waals surface area contributed by atoms with E-state index in [0.29, 0.717) is 25.9 Å². The van der Waals surface area contributed by atoms with E-state index in [0.717, 1.165) is 12.1 Å². The van der Waals surface area contributed by atoms with Crippen molar-refractivity contribution in [2.45, 2.75) is 26.2 Å². The van der Waals surface area contributed by atoms with E-state index in [9.17, 15) is 9.59 Å². The molecule has 10 nitrogen and oxygen atoms in total. The van der Waals surface area contributed by atoms with Gasteiger partial charge in [0.05, 0.1) is 0 Å². The molecule has 30 heavy (non-hydrogen) atoms. The summed E-state index contributed by atoms with van der Waals surface area (Å²) in [5.41, 5.74) is 17.5. The van der Waals surface area contributed by atoms with Crippen LogP contribution in [-0.4, -0.2) is 40.8 Å². The van der Waals surface area contributed by atoms with E-state index >= 15 is 0 Å². The predicted octanol–water partition coefficient (Wildman–Crippen LogP) is 1.56. The zero-order chi connectivity index (χ0) is 22.1. The second-order valence-corrected chi connectivity index (χ2v) is 6.65. The number of nitrogens with zero attached hydrogens (tertiary/aromatic N) is 4. The highest BCUT2D eigenvalue weighted by Crippen LogP contribution is 2.17. The molecule has 0 saturated heterocycles. The Labute approximate surface area is 179 Å². The van der Waals surface area contributed by atoms with Crippen molar-refractivity contribution in [2.75, 3.05) is 29.5 Å². The number of hydrogen-bond donors (Lipinski definition) is 4. The third kappa shape index (κ3) is 6.31. The van der Waals surface area contributed by atoms with Crippen LogP contribution in [0.15, 0.2) is 35.3 Å². The Morgan fingerprint density at radius 2 is 1.83 bits per heavy atom. The minimum absolute atomic E-state index is 0.0531. The lowest BCUT2D eigenvalue weighted by molar-refractivity contribution is -0.118. The molecule has 0 aliphatic rings. The fraction of sp³-hybridized carbons (Fsp3) is 0.316. The molecule has 0 bridgehead atoms. The SMILES string of the molecule is CCC(=O)N(CCCCN=C(N)NC(=O)c1nc(Cl)c(N)nc1N)c1ccccc1. The van der Waals surface area contributed by atoms with Crippen LogP contribution < -0.4 is 27.4 Å². The molecular formula is C19H25ClN8O2. The number of carbonyl (C=O) groups is 2. The van der Waals surface area contributed by atoms with Gasteiger partial charge in [-0.3, -0.25) is 19.9 Å². The summed E-state index contributed by atoms with van der Waals surface area (Å²) >= 11 is 5.76. The van der Waals surface area contributed by atoms with Gasteiger partial charge in [0.2, 0.25) is 5.91 Å². The van der Waals surface area contributed by atoms with Crippen molar-refractivity contribution in [1.82, 2.24) is 15.3 Å². The summed E-state index contributed by atoms with van der Waals surface area (Å²) in [5, 5.41) is 2.25. The fourth-order valence-corrected chi connectivity index (χ4v) is 2.73. The molecule has 1 aromatic carbocycles. The number of carbonyl (C=O) groups excluding carboxylic acids is 2. The van der Waals surface area contributed by atoms with Gasteiger partial charge >= 0.3 is 0 Å². The van der Waals surface area contributed by atoms with Crippen LogP contribution >= 0.6 is 11.6 Å². The summed E-state index contributed by atoms with van der Waals surface area (Å²) in [4.78, 5) is 37.8. The van der Waals surface area contributed by atoms with E-state index < -0.39 is 5.91 Å². The van der Waals surface area contributed by atoms with Crippen molar-refractivity contribution in [3.63, 3.8) is 0 Å². The van der Waals surface area contributed by atoms with Crippen LogP contribution in [0, 0.1) is 0 Å². The first kappa shape index (κ1) is 22.9. The van der Waals surface area contributed by atoms with Crippen LogP contribution in [0.1, 0.15) is 36.7 Å². The number of guanidine groups is 1. The molecule has 1 heterocycles. The fourth-order valence-electron chi connectivity index (χ4n) is 2.60.